The molecule has 0 unspecified atom stereocenters. The van der Waals surface area contributed by atoms with Crippen LogP contribution in [0.4, 0.5) is 5.69 Å². The van der Waals surface area contributed by atoms with Crippen LogP contribution < -0.4 is 0 Å². The molecule has 0 spiro atoms. The molecule has 0 saturated carbocycles. The minimum Gasteiger partial charge on any atom is -0.502 e. The van der Waals surface area contributed by atoms with Gasteiger partial charge in [0.05, 0.1) is 11.5 Å². The second-order valence-corrected chi connectivity index (χ2v) is 5.76. The summed E-state index contributed by atoms with van der Waals surface area (Å²) in [5.74, 6) is -0.813. The zero-order valence-corrected chi connectivity index (χ0v) is 11.8. The second kappa shape index (κ2) is 5.69. The number of carbonyl (C=O) groups is 1. The number of nitro groups is 1. The van der Waals surface area contributed by atoms with E-state index < -0.39 is 16.4 Å². The van der Waals surface area contributed by atoms with E-state index in [4.69, 9.17) is 0 Å². The first-order valence-electron chi connectivity index (χ1n) is 6.74. The number of piperidine rings is 1. The van der Waals surface area contributed by atoms with E-state index in [0.717, 1.165) is 25.0 Å². The van der Waals surface area contributed by atoms with Gasteiger partial charge in [-0.3, -0.25) is 14.9 Å². The highest BCUT2D eigenvalue weighted by molar-refractivity contribution is 5.95. The van der Waals surface area contributed by atoms with Crippen LogP contribution in [0.15, 0.2) is 18.2 Å². The van der Waals surface area contributed by atoms with Gasteiger partial charge in [0.25, 0.3) is 5.91 Å². The molecule has 0 bridgehead atoms. The summed E-state index contributed by atoms with van der Waals surface area (Å²) in [6.45, 7) is 2.92. The Bertz CT molecular complexity index is 574. The van der Waals surface area contributed by atoms with Gasteiger partial charge in [-0.1, -0.05) is 6.92 Å². The van der Waals surface area contributed by atoms with Gasteiger partial charge < -0.3 is 15.1 Å². The molecule has 0 aromatic heterocycles. The third-order valence-electron chi connectivity index (χ3n) is 3.87. The molecule has 0 radical (unpaired) electrons. The van der Waals surface area contributed by atoms with Gasteiger partial charge in [0.2, 0.25) is 0 Å². The van der Waals surface area contributed by atoms with Gasteiger partial charge in [-0.05, 0) is 25.0 Å². The van der Waals surface area contributed by atoms with E-state index in [1.54, 1.807) is 4.90 Å². The number of aromatic hydroxyl groups is 1. The summed E-state index contributed by atoms with van der Waals surface area (Å²) in [5, 5.41) is 29.7. The number of amides is 1. The van der Waals surface area contributed by atoms with Crippen LogP contribution in [0.1, 0.15) is 30.1 Å². The summed E-state index contributed by atoms with van der Waals surface area (Å²) < 4.78 is 0. The van der Waals surface area contributed by atoms with Gasteiger partial charge in [0, 0.05) is 30.1 Å². The average Bonchev–Trinajstić information content (AvgIpc) is 2.46. The smallest absolute Gasteiger partial charge is 0.310 e. The number of nitrogens with zero attached hydrogens (tertiary/aromatic N) is 2. The number of hydrogen-bond acceptors (Lipinski definition) is 5. The molecular weight excluding hydrogens is 276 g/mol. The molecule has 21 heavy (non-hydrogen) atoms. The Labute approximate surface area is 122 Å². The molecule has 1 aromatic carbocycles. The van der Waals surface area contributed by atoms with E-state index in [1.807, 2.05) is 6.92 Å². The number of likely N-dealkylation sites (tertiary alicyclic amines) is 1. The SMILES string of the molecule is C[C@@]1(CO)CCCN(C(=O)c2ccc([N+](=O)[O-])c(O)c2)C1. The van der Waals surface area contributed by atoms with Gasteiger partial charge in [-0.15, -0.1) is 0 Å². The van der Waals surface area contributed by atoms with Gasteiger partial charge in [-0.25, -0.2) is 0 Å². The maximum Gasteiger partial charge on any atom is 0.310 e. The van der Waals surface area contributed by atoms with Crippen LogP contribution in [0, 0.1) is 15.5 Å². The first-order chi connectivity index (χ1) is 9.86. The summed E-state index contributed by atoms with van der Waals surface area (Å²) >= 11 is 0. The standard InChI is InChI=1S/C14H18N2O5/c1-14(9-17)5-2-6-15(8-14)13(19)10-3-4-11(16(20)21)12(18)7-10/h3-4,7,17-18H,2,5-6,8-9H2,1H3/t14-/m1/s1. The Hall–Kier alpha value is -2.15. The molecule has 2 N–H and O–H groups in total. The number of aliphatic hydroxyl groups excluding tert-OH is 1. The number of phenols is 1. The Balaban J connectivity index is 2.20. The molecule has 1 saturated heterocycles. The molecule has 2 rings (SSSR count). The highest BCUT2D eigenvalue weighted by Crippen LogP contribution is 2.31. The molecule has 1 aliphatic rings. The lowest BCUT2D eigenvalue weighted by Crippen LogP contribution is -2.46. The van der Waals surface area contributed by atoms with Crippen molar-refractivity contribution in [2.75, 3.05) is 19.7 Å². The summed E-state index contributed by atoms with van der Waals surface area (Å²) in [6.07, 6.45) is 1.64. The maximum absolute atomic E-state index is 12.4. The summed E-state index contributed by atoms with van der Waals surface area (Å²) in [6, 6.07) is 3.58. The third-order valence-corrected chi connectivity index (χ3v) is 3.87. The summed E-state index contributed by atoms with van der Waals surface area (Å²) in [4.78, 5) is 24.0. The highest BCUT2D eigenvalue weighted by atomic mass is 16.6. The predicted octanol–water partition coefficient (Wildman–Crippen LogP) is 1.53. The van der Waals surface area contributed by atoms with Crippen LogP contribution in [-0.4, -0.2) is 45.6 Å². The molecule has 1 heterocycles. The van der Waals surface area contributed by atoms with Crippen LogP contribution in [0.3, 0.4) is 0 Å². The third kappa shape index (κ3) is 3.13. The molecule has 1 fully saturated rings. The molecule has 1 aliphatic heterocycles. The van der Waals surface area contributed by atoms with Crippen LogP contribution >= 0.6 is 0 Å². The Morgan fingerprint density at radius 1 is 1.52 bits per heavy atom. The van der Waals surface area contributed by atoms with E-state index in [2.05, 4.69) is 0 Å². The van der Waals surface area contributed by atoms with E-state index >= 15 is 0 Å². The predicted molar refractivity (Wildman–Crippen MR) is 75.1 cm³/mol. The molecule has 1 atom stereocenters. The van der Waals surface area contributed by atoms with Gasteiger partial charge >= 0.3 is 5.69 Å². The molecule has 7 heteroatoms. The Morgan fingerprint density at radius 2 is 2.24 bits per heavy atom. The zero-order valence-electron chi connectivity index (χ0n) is 11.8. The number of rotatable bonds is 3. The second-order valence-electron chi connectivity index (χ2n) is 5.76. The van der Waals surface area contributed by atoms with Crippen molar-refractivity contribution >= 4 is 11.6 Å². The van der Waals surface area contributed by atoms with Crippen LogP contribution in [0.2, 0.25) is 0 Å². The van der Waals surface area contributed by atoms with E-state index in [0.29, 0.717) is 13.1 Å². The molecule has 1 amide bonds. The quantitative estimate of drug-likeness (QED) is 0.650. The van der Waals surface area contributed by atoms with Crippen molar-refractivity contribution in [1.82, 2.24) is 4.90 Å². The van der Waals surface area contributed by atoms with E-state index in [9.17, 15) is 25.1 Å². The fourth-order valence-corrected chi connectivity index (χ4v) is 2.61. The number of hydrogen-bond donors (Lipinski definition) is 2. The van der Waals surface area contributed by atoms with E-state index in [-0.39, 0.29) is 23.5 Å². The maximum atomic E-state index is 12.4. The molecule has 7 nitrogen and oxygen atoms in total. The van der Waals surface area contributed by atoms with Crippen molar-refractivity contribution in [1.29, 1.82) is 0 Å². The summed E-state index contributed by atoms with van der Waals surface area (Å²) in [5.41, 5.74) is -0.540. The first kappa shape index (κ1) is 15.2. The van der Waals surface area contributed by atoms with Crippen LogP contribution in [0.25, 0.3) is 0 Å². The van der Waals surface area contributed by atoms with E-state index in [1.165, 1.54) is 6.07 Å². The minimum atomic E-state index is -0.701. The Kier molecular flexibility index (Phi) is 4.13. The molecular formula is C14H18N2O5. The summed E-state index contributed by atoms with van der Waals surface area (Å²) in [7, 11) is 0. The molecule has 1 aromatic rings. The van der Waals surface area contributed by atoms with Crippen molar-refractivity contribution in [2.45, 2.75) is 19.8 Å². The van der Waals surface area contributed by atoms with Crippen molar-refractivity contribution in [3.63, 3.8) is 0 Å². The highest BCUT2D eigenvalue weighted by Gasteiger charge is 2.33. The lowest BCUT2D eigenvalue weighted by Gasteiger charge is -2.39. The van der Waals surface area contributed by atoms with Crippen molar-refractivity contribution < 1.29 is 19.9 Å². The van der Waals surface area contributed by atoms with Crippen LogP contribution in [-0.2, 0) is 0 Å². The van der Waals surface area contributed by atoms with Gasteiger partial charge in [0.15, 0.2) is 5.75 Å². The normalized spacial score (nSPS) is 22.1. The number of aliphatic hydroxyl groups is 1. The minimum absolute atomic E-state index is 0.00227. The van der Waals surface area contributed by atoms with Crippen LogP contribution in [0.5, 0.6) is 5.75 Å². The largest absolute Gasteiger partial charge is 0.502 e. The van der Waals surface area contributed by atoms with Crippen molar-refractivity contribution in [3.8, 4) is 5.75 Å². The van der Waals surface area contributed by atoms with Gasteiger partial charge in [0.1, 0.15) is 0 Å². The first-order valence-corrected chi connectivity index (χ1v) is 6.74. The number of nitro benzene ring substituents is 1. The Morgan fingerprint density at radius 3 is 2.81 bits per heavy atom. The number of benzene rings is 1. The lowest BCUT2D eigenvalue weighted by atomic mass is 9.82. The molecule has 0 aliphatic carbocycles. The molecule has 114 valence electrons. The number of carbonyl (C=O) groups excluding carboxylic acids is 1. The fraction of sp³-hybridized carbons (Fsp3) is 0.500. The van der Waals surface area contributed by atoms with Gasteiger partial charge in [-0.2, -0.15) is 0 Å². The zero-order chi connectivity index (χ0) is 15.6. The average molecular weight is 294 g/mol. The number of phenolic OH excluding ortho intramolecular Hbond substituents is 1. The lowest BCUT2D eigenvalue weighted by molar-refractivity contribution is -0.385. The fourth-order valence-electron chi connectivity index (χ4n) is 2.61. The van der Waals surface area contributed by atoms with Crippen molar-refractivity contribution in [2.24, 2.45) is 5.41 Å². The van der Waals surface area contributed by atoms with Crippen molar-refractivity contribution in [3.05, 3.63) is 33.9 Å². The monoisotopic (exact) mass is 294 g/mol. The topological polar surface area (TPSA) is 104 Å².